The van der Waals surface area contributed by atoms with Gasteiger partial charge in [0, 0.05) is 29.1 Å². The Morgan fingerprint density at radius 3 is 2.24 bits per heavy atom. The third-order valence-electron chi connectivity index (χ3n) is 6.15. The van der Waals surface area contributed by atoms with Crippen LogP contribution < -0.4 is 10.5 Å². The van der Waals surface area contributed by atoms with Crippen LogP contribution in [-0.2, 0) is 0 Å². The monoisotopic (exact) mass is 464 g/mol. The quantitative estimate of drug-likeness (QED) is 0.157. The van der Waals surface area contributed by atoms with Crippen LogP contribution in [0.4, 0.5) is 5.69 Å². The highest BCUT2D eigenvalue weighted by Crippen LogP contribution is 2.34. The molecular formula is C29H40N2O3. The van der Waals surface area contributed by atoms with Crippen molar-refractivity contribution in [2.24, 2.45) is 0 Å². The number of ether oxygens (including phenoxy) is 1. The maximum Gasteiger partial charge on any atom is 0.197 e. The van der Waals surface area contributed by atoms with Crippen LogP contribution in [0.15, 0.2) is 46.9 Å². The number of fused-ring (bicyclic) bond motifs is 1. The van der Waals surface area contributed by atoms with E-state index in [1.807, 2.05) is 50.2 Å². The molecule has 0 radical (unpaired) electrons. The summed E-state index contributed by atoms with van der Waals surface area (Å²) in [5.74, 6) is 1.52. The van der Waals surface area contributed by atoms with E-state index in [0.717, 1.165) is 24.1 Å². The number of unbranched alkanes of at least 4 members (excludes halogenated alkanes) is 2. The molecule has 3 aromatic rings. The Balaban J connectivity index is 1.63. The highest BCUT2D eigenvalue weighted by atomic mass is 16.5. The molecule has 2 N–H and O–H groups in total. The highest BCUT2D eigenvalue weighted by Gasteiger charge is 2.24. The number of carbonyl (C=O) groups excluding carboxylic acids is 1. The minimum absolute atomic E-state index is 0.0536. The van der Waals surface area contributed by atoms with Crippen molar-refractivity contribution in [1.82, 2.24) is 4.90 Å². The number of hydrogen-bond donors (Lipinski definition) is 1. The Morgan fingerprint density at radius 1 is 0.971 bits per heavy atom. The topological polar surface area (TPSA) is 68.7 Å². The zero-order chi connectivity index (χ0) is 24.5. The van der Waals surface area contributed by atoms with Crippen LogP contribution >= 0.6 is 0 Å². The fourth-order valence-corrected chi connectivity index (χ4v) is 4.20. The summed E-state index contributed by atoms with van der Waals surface area (Å²) in [6.07, 6.45) is 5.94. The van der Waals surface area contributed by atoms with Crippen LogP contribution in [0.2, 0.25) is 0 Å². The number of benzene rings is 2. The van der Waals surface area contributed by atoms with Crippen LogP contribution in [0.5, 0.6) is 5.75 Å². The molecule has 184 valence electrons. The van der Waals surface area contributed by atoms with Crippen molar-refractivity contribution in [2.45, 2.75) is 65.7 Å². The molecule has 0 amide bonds. The van der Waals surface area contributed by atoms with E-state index in [2.05, 4.69) is 18.7 Å². The van der Waals surface area contributed by atoms with E-state index in [-0.39, 0.29) is 11.7 Å². The highest BCUT2D eigenvalue weighted by molar-refractivity contribution is 6.17. The number of carbonyl (C=O) groups is 1. The van der Waals surface area contributed by atoms with E-state index in [4.69, 9.17) is 14.9 Å². The van der Waals surface area contributed by atoms with E-state index >= 15 is 0 Å². The van der Waals surface area contributed by atoms with Crippen LogP contribution in [-0.4, -0.2) is 36.9 Å². The lowest BCUT2D eigenvalue weighted by Crippen LogP contribution is -2.28. The van der Waals surface area contributed by atoms with E-state index in [1.165, 1.54) is 38.8 Å². The molecule has 0 bridgehead atoms. The number of nitrogens with zero attached hydrogens (tertiary/aromatic N) is 1. The lowest BCUT2D eigenvalue weighted by Gasteiger charge is -2.21. The van der Waals surface area contributed by atoms with Gasteiger partial charge in [-0.05, 0) is 74.8 Å². The molecule has 0 unspecified atom stereocenters. The standard InChI is InChI=1S/C29H40N2O3/c1-5-7-16-31(17-8-6-2)18-9-19-33-24-13-10-22(11-14-24)28(32)27-25-20-23(30)12-15-26(25)34-29(27)21(3)4/h10-15,20-21H,5-9,16-19,30H2,1-4H3. The lowest BCUT2D eigenvalue weighted by atomic mass is 9.96. The fourth-order valence-electron chi connectivity index (χ4n) is 4.20. The minimum atomic E-state index is -0.0536. The van der Waals surface area contributed by atoms with Gasteiger partial charge in [0.15, 0.2) is 5.78 Å². The molecule has 0 saturated heterocycles. The van der Waals surface area contributed by atoms with E-state index in [1.54, 1.807) is 6.07 Å². The molecule has 0 aliphatic heterocycles. The molecular weight excluding hydrogens is 424 g/mol. The Morgan fingerprint density at radius 2 is 1.62 bits per heavy atom. The molecule has 0 atom stereocenters. The van der Waals surface area contributed by atoms with Gasteiger partial charge in [0.05, 0.1) is 12.2 Å². The maximum absolute atomic E-state index is 13.4. The summed E-state index contributed by atoms with van der Waals surface area (Å²) in [5.41, 5.74) is 8.51. The molecule has 0 aliphatic carbocycles. The summed E-state index contributed by atoms with van der Waals surface area (Å²) in [6, 6.07) is 12.9. The molecule has 0 spiro atoms. The van der Waals surface area contributed by atoms with Crippen molar-refractivity contribution in [2.75, 3.05) is 32.0 Å². The van der Waals surface area contributed by atoms with Crippen LogP contribution in [0.1, 0.15) is 87.4 Å². The lowest BCUT2D eigenvalue weighted by molar-refractivity contribution is 0.103. The number of hydrogen-bond acceptors (Lipinski definition) is 5. The predicted molar refractivity (Wildman–Crippen MR) is 141 cm³/mol. The third kappa shape index (κ3) is 6.63. The number of nitrogens with two attached hydrogens (primary N) is 1. The van der Waals surface area contributed by atoms with Crippen molar-refractivity contribution in [3.63, 3.8) is 0 Å². The van der Waals surface area contributed by atoms with E-state index in [9.17, 15) is 4.79 Å². The second kappa shape index (κ2) is 12.6. The van der Waals surface area contributed by atoms with Gasteiger partial charge in [-0.3, -0.25) is 4.79 Å². The van der Waals surface area contributed by atoms with Crippen molar-refractivity contribution in [3.8, 4) is 5.75 Å². The zero-order valence-electron chi connectivity index (χ0n) is 21.2. The molecule has 3 rings (SSSR count). The first kappa shape index (κ1) is 25.8. The maximum atomic E-state index is 13.4. The Hall–Kier alpha value is -2.79. The summed E-state index contributed by atoms with van der Waals surface area (Å²) >= 11 is 0. The van der Waals surface area contributed by atoms with Gasteiger partial charge < -0.3 is 19.8 Å². The number of furan rings is 1. The summed E-state index contributed by atoms with van der Waals surface area (Å²) < 4.78 is 12.0. The van der Waals surface area contributed by atoms with Crippen LogP contribution in [0.25, 0.3) is 11.0 Å². The van der Waals surface area contributed by atoms with Crippen molar-refractivity contribution in [3.05, 3.63) is 59.4 Å². The first-order valence-corrected chi connectivity index (χ1v) is 12.8. The summed E-state index contributed by atoms with van der Waals surface area (Å²) in [7, 11) is 0. The van der Waals surface area contributed by atoms with Gasteiger partial charge in [0.1, 0.15) is 17.1 Å². The molecule has 0 fully saturated rings. The summed E-state index contributed by atoms with van der Waals surface area (Å²) in [5, 5.41) is 0.768. The SMILES string of the molecule is CCCCN(CCCC)CCCOc1ccc(C(=O)c2c(C(C)C)oc3ccc(N)cc23)cc1. The van der Waals surface area contributed by atoms with Crippen molar-refractivity contribution < 1.29 is 13.9 Å². The molecule has 0 saturated carbocycles. The van der Waals surface area contributed by atoms with Gasteiger partial charge in [-0.25, -0.2) is 0 Å². The fraction of sp³-hybridized carbons (Fsp3) is 0.483. The Kier molecular flexibility index (Phi) is 9.58. The average molecular weight is 465 g/mol. The molecule has 1 aromatic heterocycles. The largest absolute Gasteiger partial charge is 0.494 e. The zero-order valence-corrected chi connectivity index (χ0v) is 21.2. The van der Waals surface area contributed by atoms with Gasteiger partial charge >= 0.3 is 0 Å². The van der Waals surface area contributed by atoms with Crippen molar-refractivity contribution in [1.29, 1.82) is 0 Å². The van der Waals surface area contributed by atoms with E-state index in [0.29, 0.717) is 34.8 Å². The molecule has 1 heterocycles. The molecule has 34 heavy (non-hydrogen) atoms. The Labute approximate surface area is 204 Å². The number of ketones is 1. The second-order valence-corrected chi connectivity index (χ2v) is 9.36. The molecule has 5 heteroatoms. The minimum Gasteiger partial charge on any atom is -0.494 e. The summed E-state index contributed by atoms with van der Waals surface area (Å²) in [4.78, 5) is 16.0. The second-order valence-electron chi connectivity index (χ2n) is 9.36. The van der Waals surface area contributed by atoms with Gasteiger partial charge in [0.25, 0.3) is 0 Å². The van der Waals surface area contributed by atoms with E-state index < -0.39 is 0 Å². The smallest absolute Gasteiger partial charge is 0.197 e. The third-order valence-corrected chi connectivity index (χ3v) is 6.15. The van der Waals surface area contributed by atoms with Gasteiger partial charge in [-0.1, -0.05) is 40.5 Å². The first-order chi connectivity index (χ1) is 16.4. The number of anilines is 1. The number of nitrogen functional groups attached to an aromatic ring is 1. The summed E-state index contributed by atoms with van der Waals surface area (Å²) in [6.45, 7) is 12.6. The van der Waals surface area contributed by atoms with Gasteiger partial charge in [-0.15, -0.1) is 0 Å². The molecule has 0 aliphatic rings. The number of rotatable bonds is 14. The normalized spacial score (nSPS) is 11.6. The molecule has 5 nitrogen and oxygen atoms in total. The van der Waals surface area contributed by atoms with Gasteiger partial charge in [0.2, 0.25) is 0 Å². The molecule has 2 aromatic carbocycles. The van der Waals surface area contributed by atoms with Crippen LogP contribution in [0, 0.1) is 0 Å². The van der Waals surface area contributed by atoms with Crippen LogP contribution in [0.3, 0.4) is 0 Å². The van der Waals surface area contributed by atoms with Gasteiger partial charge in [-0.2, -0.15) is 0 Å². The van der Waals surface area contributed by atoms with Crippen molar-refractivity contribution >= 4 is 22.4 Å². The first-order valence-electron chi connectivity index (χ1n) is 12.8. The average Bonchev–Trinajstić information content (AvgIpc) is 3.22. The Bertz CT molecular complexity index is 1050. The predicted octanol–water partition coefficient (Wildman–Crippen LogP) is 7.04.